The Balaban J connectivity index is 1.33. The van der Waals surface area contributed by atoms with Gasteiger partial charge in [-0.25, -0.2) is 9.18 Å². The molecule has 1 aliphatic rings. The highest BCUT2D eigenvalue weighted by atomic mass is 19.4. The van der Waals surface area contributed by atoms with E-state index in [4.69, 9.17) is 0 Å². The summed E-state index contributed by atoms with van der Waals surface area (Å²) in [7, 11) is 1.91. The summed E-state index contributed by atoms with van der Waals surface area (Å²) in [5.41, 5.74) is 0.865. The smallest absolute Gasteiger partial charge is 0.345 e. The Bertz CT molecular complexity index is 1230. The standard InChI is InChI=1S/C25H23F4N5O2/c1-32(22-6-8-30-9-7-22)21-4-2-17(3-5-21)23(35)33-10-12-34(13-11-33)24(36)31-20-15-18(25(27,28)29)14-19(26)16-20/h2-9,14-16H,10-13H2,1H3,(H,31,36). The lowest BCUT2D eigenvalue weighted by Crippen LogP contribution is -2.51. The van der Waals surface area contributed by atoms with Crippen LogP contribution in [0.2, 0.25) is 0 Å². The second kappa shape index (κ2) is 10.2. The molecule has 0 radical (unpaired) electrons. The summed E-state index contributed by atoms with van der Waals surface area (Å²) in [5.74, 6) is -1.29. The average molecular weight is 501 g/mol. The monoisotopic (exact) mass is 501 g/mol. The van der Waals surface area contributed by atoms with Gasteiger partial charge < -0.3 is 20.0 Å². The Morgan fingerprint density at radius 3 is 2.08 bits per heavy atom. The lowest BCUT2D eigenvalue weighted by Gasteiger charge is -2.34. The van der Waals surface area contributed by atoms with Crippen LogP contribution in [0, 0.1) is 5.82 Å². The van der Waals surface area contributed by atoms with Crippen molar-refractivity contribution in [2.24, 2.45) is 0 Å². The van der Waals surface area contributed by atoms with Crippen LogP contribution in [0.25, 0.3) is 0 Å². The van der Waals surface area contributed by atoms with Crippen LogP contribution in [0.1, 0.15) is 15.9 Å². The molecular weight excluding hydrogens is 478 g/mol. The number of pyridine rings is 1. The summed E-state index contributed by atoms with van der Waals surface area (Å²) in [5, 5.41) is 2.31. The molecule has 1 aromatic heterocycles. The quantitative estimate of drug-likeness (QED) is 0.511. The van der Waals surface area contributed by atoms with E-state index in [1.165, 1.54) is 4.90 Å². The molecule has 1 aliphatic heterocycles. The number of benzene rings is 2. The van der Waals surface area contributed by atoms with Crippen molar-refractivity contribution in [1.82, 2.24) is 14.8 Å². The molecule has 2 aromatic carbocycles. The summed E-state index contributed by atoms with van der Waals surface area (Å²) >= 11 is 0. The summed E-state index contributed by atoms with van der Waals surface area (Å²) in [6.45, 7) is 0.869. The molecule has 4 rings (SSSR count). The van der Waals surface area contributed by atoms with E-state index in [0.717, 1.165) is 17.4 Å². The lowest BCUT2D eigenvalue weighted by atomic mass is 10.1. The SMILES string of the molecule is CN(c1ccncc1)c1ccc(C(=O)N2CCN(C(=O)Nc3cc(F)cc(C(F)(F)F)c3)CC2)cc1. The predicted molar refractivity (Wildman–Crippen MR) is 127 cm³/mol. The largest absolute Gasteiger partial charge is 0.416 e. The van der Waals surface area contributed by atoms with Crippen LogP contribution in [0.5, 0.6) is 0 Å². The zero-order chi connectivity index (χ0) is 25.9. The number of hydrogen-bond donors (Lipinski definition) is 1. The minimum atomic E-state index is -4.74. The number of piperazine rings is 1. The van der Waals surface area contributed by atoms with Crippen molar-refractivity contribution in [3.8, 4) is 0 Å². The van der Waals surface area contributed by atoms with Crippen LogP contribution < -0.4 is 10.2 Å². The maximum atomic E-state index is 13.6. The van der Waals surface area contributed by atoms with Crippen LogP contribution in [0.4, 0.5) is 39.4 Å². The van der Waals surface area contributed by atoms with Gasteiger partial charge in [-0.05, 0) is 54.6 Å². The van der Waals surface area contributed by atoms with Crippen molar-refractivity contribution < 1.29 is 27.2 Å². The first-order chi connectivity index (χ1) is 17.1. The van der Waals surface area contributed by atoms with E-state index in [0.29, 0.717) is 17.7 Å². The average Bonchev–Trinajstić information content (AvgIpc) is 2.87. The molecule has 0 aliphatic carbocycles. The van der Waals surface area contributed by atoms with Crippen LogP contribution >= 0.6 is 0 Å². The molecule has 1 N–H and O–H groups in total. The molecule has 3 aromatic rings. The number of anilines is 3. The summed E-state index contributed by atoms with van der Waals surface area (Å²) < 4.78 is 52.3. The first-order valence-electron chi connectivity index (χ1n) is 11.1. The third-order valence-corrected chi connectivity index (χ3v) is 5.88. The Morgan fingerprint density at radius 2 is 1.47 bits per heavy atom. The predicted octanol–water partition coefficient (Wildman–Crippen LogP) is 5.00. The van der Waals surface area contributed by atoms with Crippen LogP contribution in [0.15, 0.2) is 67.0 Å². The summed E-state index contributed by atoms with van der Waals surface area (Å²) in [6, 6.07) is 12.1. The van der Waals surface area contributed by atoms with Crippen molar-refractivity contribution in [3.05, 3.63) is 83.9 Å². The number of halogens is 4. The lowest BCUT2D eigenvalue weighted by molar-refractivity contribution is -0.137. The minimum Gasteiger partial charge on any atom is -0.345 e. The number of hydrogen-bond acceptors (Lipinski definition) is 4. The molecule has 0 bridgehead atoms. The van der Waals surface area contributed by atoms with E-state index in [1.54, 1.807) is 29.4 Å². The van der Waals surface area contributed by atoms with Crippen LogP contribution in [0.3, 0.4) is 0 Å². The zero-order valence-corrected chi connectivity index (χ0v) is 19.3. The van der Waals surface area contributed by atoms with E-state index in [-0.39, 0.29) is 37.8 Å². The molecule has 1 fully saturated rings. The molecule has 0 atom stereocenters. The van der Waals surface area contributed by atoms with Crippen molar-refractivity contribution in [3.63, 3.8) is 0 Å². The van der Waals surface area contributed by atoms with Gasteiger partial charge in [-0.15, -0.1) is 0 Å². The zero-order valence-electron chi connectivity index (χ0n) is 19.3. The van der Waals surface area contributed by atoms with Gasteiger partial charge in [-0.1, -0.05) is 0 Å². The molecule has 0 unspecified atom stereocenters. The third-order valence-electron chi connectivity index (χ3n) is 5.88. The van der Waals surface area contributed by atoms with E-state index in [1.807, 2.05) is 36.2 Å². The van der Waals surface area contributed by atoms with Crippen LogP contribution in [-0.2, 0) is 6.18 Å². The van der Waals surface area contributed by atoms with Gasteiger partial charge in [0.2, 0.25) is 0 Å². The van der Waals surface area contributed by atoms with Gasteiger partial charge in [-0.3, -0.25) is 9.78 Å². The molecule has 1 saturated heterocycles. The molecule has 3 amide bonds. The fourth-order valence-electron chi connectivity index (χ4n) is 3.87. The van der Waals surface area contributed by atoms with Gasteiger partial charge in [0.25, 0.3) is 5.91 Å². The van der Waals surface area contributed by atoms with E-state index < -0.39 is 23.6 Å². The summed E-state index contributed by atoms with van der Waals surface area (Å²) in [4.78, 5) is 34.4. The molecule has 36 heavy (non-hydrogen) atoms. The number of carbonyl (C=O) groups excluding carboxylic acids is 2. The number of carbonyl (C=O) groups is 2. The van der Waals surface area contributed by atoms with Gasteiger partial charge in [0, 0.05) is 68.2 Å². The van der Waals surface area contributed by atoms with Gasteiger partial charge >= 0.3 is 12.2 Å². The molecule has 2 heterocycles. The third kappa shape index (κ3) is 5.73. The van der Waals surface area contributed by atoms with Crippen molar-refractivity contribution in [1.29, 1.82) is 0 Å². The fraction of sp³-hybridized carbons (Fsp3) is 0.240. The number of alkyl halides is 3. The highest BCUT2D eigenvalue weighted by Gasteiger charge is 2.32. The highest BCUT2D eigenvalue weighted by molar-refractivity contribution is 5.95. The maximum Gasteiger partial charge on any atom is 0.416 e. The number of amides is 3. The number of nitrogens with one attached hydrogen (secondary N) is 1. The van der Waals surface area contributed by atoms with E-state index in [9.17, 15) is 27.2 Å². The van der Waals surface area contributed by atoms with Gasteiger partial charge in [0.05, 0.1) is 5.56 Å². The van der Waals surface area contributed by atoms with Crippen molar-refractivity contribution >= 4 is 29.0 Å². The molecule has 11 heteroatoms. The van der Waals surface area contributed by atoms with E-state index >= 15 is 0 Å². The number of nitrogens with zero attached hydrogens (tertiary/aromatic N) is 4. The first kappa shape index (κ1) is 25.0. The second-order valence-electron chi connectivity index (χ2n) is 8.25. The van der Waals surface area contributed by atoms with Crippen molar-refractivity contribution in [2.45, 2.75) is 6.18 Å². The molecule has 0 spiro atoms. The molecule has 188 valence electrons. The van der Waals surface area contributed by atoms with Crippen LogP contribution in [-0.4, -0.2) is 59.9 Å². The molecule has 0 saturated carbocycles. The fourth-order valence-corrected chi connectivity index (χ4v) is 3.87. The highest BCUT2D eigenvalue weighted by Crippen LogP contribution is 2.32. The van der Waals surface area contributed by atoms with Gasteiger partial charge in [0.15, 0.2) is 0 Å². The second-order valence-corrected chi connectivity index (χ2v) is 8.25. The Morgan fingerprint density at radius 1 is 0.889 bits per heavy atom. The first-order valence-corrected chi connectivity index (χ1v) is 11.1. The maximum absolute atomic E-state index is 13.6. The summed E-state index contributed by atoms with van der Waals surface area (Å²) in [6.07, 6.45) is -1.34. The molecule has 7 nitrogen and oxygen atoms in total. The van der Waals surface area contributed by atoms with Gasteiger partial charge in [-0.2, -0.15) is 13.2 Å². The Kier molecular flexibility index (Phi) is 7.09. The number of rotatable bonds is 4. The van der Waals surface area contributed by atoms with E-state index in [2.05, 4.69) is 10.3 Å². The van der Waals surface area contributed by atoms with Gasteiger partial charge in [0.1, 0.15) is 5.82 Å². The Labute approximate surface area is 204 Å². The normalized spacial score (nSPS) is 13.9. The number of urea groups is 1. The Hall–Kier alpha value is -4.15. The topological polar surface area (TPSA) is 68.8 Å². The molecular formula is C25H23F4N5O2. The number of aromatic nitrogens is 1. The van der Waals surface area contributed by atoms with Crippen molar-refractivity contribution in [2.75, 3.05) is 43.4 Å². The minimum absolute atomic E-state index is 0.182.